The van der Waals surface area contributed by atoms with Gasteiger partial charge in [-0.15, -0.1) is 0 Å². The lowest BCUT2D eigenvalue weighted by atomic mass is 10.1. The number of β-amino-alcohol motifs (C(OH)–C–C–N with tert-alkyl or cyclic N) is 1. The highest BCUT2D eigenvalue weighted by Gasteiger charge is 2.33. The van der Waals surface area contributed by atoms with Crippen LogP contribution in [0.1, 0.15) is 11.1 Å². The van der Waals surface area contributed by atoms with Crippen molar-refractivity contribution in [1.29, 1.82) is 0 Å². The molecule has 1 aromatic heterocycles. The molecule has 3 aromatic rings. The van der Waals surface area contributed by atoms with Crippen LogP contribution in [0.2, 0.25) is 0 Å². The van der Waals surface area contributed by atoms with Crippen molar-refractivity contribution in [2.24, 2.45) is 0 Å². The molecule has 2 aromatic carbocycles. The van der Waals surface area contributed by atoms with Crippen molar-refractivity contribution in [2.75, 3.05) is 46.6 Å². The van der Waals surface area contributed by atoms with E-state index in [9.17, 15) is 5.11 Å². The summed E-state index contributed by atoms with van der Waals surface area (Å²) < 4.78 is 24.9. The highest BCUT2D eigenvalue weighted by molar-refractivity contribution is 5.43. The summed E-state index contributed by atoms with van der Waals surface area (Å²) in [6.07, 6.45) is 3.65. The van der Waals surface area contributed by atoms with Gasteiger partial charge < -0.3 is 24.1 Å². The SMILES string of the molecule is COc1ccc(CN2CCOC[C@@](O)(COc3ccc(C)cc3)C2)cc1OCCn1cccn1. The summed E-state index contributed by atoms with van der Waals surface area (Å²) in [6, 6.07) is 15.6. The lowest BCUT2D eigenvalue weighted by Crippen LogP contribution is -2.48. The Morgan fingerprint density at radius 2 is 1.97 bits per heavy atom. The first-order valence-corrected chi connectivity index (χ1v) is 11.5. The first kappa shape index (κ1) is 24.1. The van der Waals surface area contributed by atoms with E-state index in [2.05, 4.69) is 10.00 Å². The Morgan fingerprint density at radius 1 is 1.12 bits per heavy atom. The summed E-state index contributed by atoms with van der Waals surface area (Å²) in [5.74, 6) is 2.12. The number of nitrogens with zero attached hydrogens (tertiary/aromatic N) is 3. The molecular weight excluding hydrogens is 434 g/mol. The van der Waals surface area contributed by atoms with Gasteiger partial charge in [0, 0.05) is 32.0 Å². The molecule has 34 heavy (non-hydrogen) atoms. The van der Waals surface area contributed by atoms with E-state index in [1.54, 1.807) is 13.3 Å². The fourth-order valence-corrected chi connectivity index (χ4v) is 3.94. The summed E-state index contributed by atoms with van der Waals surface area (Å²) in [5.41, 5.74) is 1.13. The first-order chi connectivity index (χ1) is 16.5. The minimum atomic E-state index is -1.10. The predicted octanol–water partition coefficient (Wildman–Crippen LogP) is 2.92. The Bertz CT molecular complexity index is 1030. The van der Waals surface area contributed by atoms with Crippen LogP contribution in [0, 0.1) is 6.92 Å². The van der Waals surface area contributed by atoms with Gasteiger partial charge in [0.15, 0.2) is 11.5 Å². The van der Waals surface area contributed by atoms with Crippen molar-refractivity contribution in [3.8, 4) is 17.2 Å². The second-order valence-electron chi connectivity index (χ2n) is 8.69. The zero-order valence-electron chi connectivity index (χ0n) is 19.9. The van der Waals surface area contributed by atoms with Gasteiger partial charge >= 0.3 is 0 Å². The molecule has 0 saturated carbocycles. The highest BCUT2D eigenvalue weighted by Crippen LogP contribution is 2.29. The Labute approximate surface area is 200 Å². The third-order valence-electron chi connectivity index (χ3n) is 5.74. The smallest absolute Gasteiger partial charge is 0.161 e. The van der Waals surface area contributed by atoms with Crippen LogP contribution >= 0.6 is 0 Å². The van der Waals surface area contributed by atoms with Gasteiger partial charge in [-0.3, -0.25) is 9.58 Å². The van der Waals surface area contributed by atoms with Crippen LogP contribution in [0.4, 0.5) is 0 Å². The zero-order valence-corrected chi connectivity index (χ0v) is 19.9. The molecule has 4 rings (SSSR count). The van der Waals surface area contributed by atoms with Gasteiger partial charge in [-0.05, 0) is 42.8 Å². The van der Waals surface area contributed by atoms with E-state index in [4.69, 9.17) is 18.9 Å². The number of methoxy groups -OCH3 is 1. The molecule has 1 saturated heterocycles. The maximum Gasteiger partial charge on any atom is 0.161 e. The molecule has 0 radical (unpaired) electrons. The molecule has 0 amide bonds. The van der Waals surface area contributed by atoms with Crippen LogP contribution < -0.4 is 14.2 Å². The van der Waals surface area contributed by atoms with Crippen molar-refractivity contribution in [3.05, 3.63) is 72.1 Å². The molecule has 8 heteroatoms. The maximum atomic E-state index is 11.2. The van der Waals surface area contributed by atoms with E-state index in [0.29, 0.717) is 50.9 Å². The molecule has 1 fully saturated rings. The summed E-state index contributed by atoms with van der Waals surface area (Å²) in [5, 5.41) is 15.4. The molecule has 1 aliphatic heterocycles. The van der Waals surface area contributed by atoms with Crippen LogP contribution in [0.5, 0.6) is 17.2 Å². The largest absolute Gasteiger partial charge is 0.493 e. The predicted molar refractivity (Wildman–Crippen MR) is 128 cm³/mol. The Morgan fingerprint density at radius 3 is 2.74 bits per heavy atom. The van der Waals surface area contributed by atoms with E-state index < -0.39 is 5.60 Å². The first-order valence-electron chi connectivity index (χ1n) is 11.5. The Kier molecular flexibility index (Phi) is 8.05. The number of aliphatic hydroxyl groups is 1. The molecule has 0 aliphatic carbocycles. The quantitative estimate of drug-likeness (QED) is 0.491. The molecule has 0 bridgehead atoms. The lowest BCUT2D eigenvalue weighted by Gasteiger charge is -2.30. The fraction of sp³-hybridized carbons (Fsp3) is 0.423. The second kappa shape index (κ2) is 11.4. The fourth-order valence-electron chi connectivity index (χ4n) is 3.94. The molecular formula is C26H33N3O5. The summed E-state index contributed by atoms with van der Waals surface area (Å²) in [4.78, 5) is 2.18. The number of ether oxygens (including phenoxy) is 4. The molecule has 0 spiro atoms. The lowest BCUT2D eigenvalue weighted by molar-refractivity contribution is -0.0646. The van der Waals surface area contributed by atoms with E-state index >= 15 is 0 Å². The Hall–Kier alpha value is -3.07. The van der Waals surface area contributed by atoms with Crippen LogP contribution in [-0.4, -0.2) is 72.0 Å². The number of aromatic nitrogens is 2. The number of hydrogen-bond acceptors (Lipinski definition) is 7. The highest BCUT2D eigenvalue weighted by atomic mass is 16.5. The van der Waals surface area contributed by atoms with Gasteiger partial charge in [-0.25, -0.2) is 0 Å². The van der Waals surface area contributed by atoms with Gasteiger partial charge in [0.2, 0.25) is 0 Å². The second-order valence-corrected chi connectivity index (χ2v) is 8.69. The number of aryl methyl sites for hydroxylation is 1. The van der Waals surface area contributed by atoms with Gasteiger partial charge in [-0.2, -0.15) is 5.10 Å². The monoisotopic (exact) mass is 467 g/mol. The van der Waals surface area contributed by atoms with Crippen LogP contribution in [0.25, 0.3) is 0 Å². The number of rotatable bonds is 10. The van der Waals surface area contributed by atoms with E-state index in [-0.39, 0.29) is 13.2 Å². The van der Waals surface area contributed by atoms with Crippen molar-refractivity contribution >= 4 is 0 Å². The minimum absolute atomic E-state index is 0.164. The summed E-state index contributed by atoms with van der Waals surface area (Å²) in [6.45, 7) is 5.92. The Balaban J connectivity index is 1.37. The molecule has 2 heterocycles. The van der Waals surface area contributed by atoms with Gasteiger partial charge in [0.1, 0.15) is 24.6 Å². The van der Waals surface area contributed by atoms with E-state index in [1.165, 1.54) is 5.56 Å². The average molecular weight is 468 g/mol. The molecule has 1 atom stereocenters. The maximum absolute atomic E-state index is 11.2. The minimum Gasteiger partial charge on any atom is -0.493 e. The van der Waals surface area contributed by atoms with Crippen molar-refractivity contribution < 1.29 is 24.1 Å². The van der Waals surface area contributed by atoms with Crippen LogP contribution in [0.15, 0.2) is 60.9 Å². The number of benzene rings is 2. The standard InChI is InChI=1S/C26H33N3O5/c1-21-4-7-23(8-5-21)34-20-26(30)18-28(12-14-32-19-26)17-22-6-9-24(31-2)25(16-22)33-15-13-29-11-3-10-27-29/h3-11,16,30H,12-15,17-20H2,1-2H3/t26-/m1/s1. The zero-order chi connectivity index (χ0) is 23.8. The molecule has 182 valence electrons. The molecule has 8 nitrogen and oxygen atoms in total. The summed E-state index contributed by atoms with van der Waals surface area (Å²) in [7, 11) is 1.63. The van der Waals surface area contributed by atoms with Crippen molar-refractivity contribution in [1.82, 2.24) is 14.7 Å². The van der Waals surface area contributed by atoms with Crippen molar-refractivity contribution in [2.45, 2.75) is 25.6 Å². The van der Waals surface area contributed by atoms with E-state index in [0.717, 1.165) is 11.3 Å². The van der Waals surface area contributed by atoms with Crippen LogP contribution in [-0.2, 0) is 17.8 Å². The van der Waals surface area contributed by atoms with E-state index in [1.807, 2.05) is 66.3 Å². The molecule has 1 N–H and O–H groups in total. The van der Waals surface area contributed by atoms with Gasteiger partial charge in [0.25, 0.3) is 0 Å². The number of hydrogen-bond donors (Lipinski definition) is 1. The summed E-state index contributed by atoms with van der Waals surface area (Å²) >= 11 is 0. The molecule has 1 aliphatic rings. The van der Waals surface area contributed by atoms with Crippen molar-refractivity contribution in [3.63, 3.8) is 0 Å². The normalized spacial score (nSPS) is 18.9. The topological polar surface area (TPSA) is 78.2 Å². The third-order valence-corrected chi connectivity index (χ3v) is 5.74. The average Bonchev–Trinajstić information content (AvgIpc) is 3.28. The van der Waals surface area contributed by atoms with Gasteiger partial charge in [-0.1, -0.05) is 23.8 Å². The third kappa shape index (κ3) is 6.72. The van der Waals surface area contributed by atoms with Crippen LogP contribution in [0.3, 0.4) is 0 Å². The molecule has 0 unspecified atom stereocenters. The van der Waals surface area contributed by atoms with Gasteiger partial charge in [0.05, 0.1) is 26.9 Å².